The number of aromatic nitrogens is 1. The predicted octanol–water partition coefficient (Wildman–Crippen LogP) is 12.3. The van der Waals surface area contributed by atoms with Gasteiger partial charge in [0.25, 0.3) is 0 Å². The number of nitrogens with zero attached hydrogens (tertiary/aromatic N) is 1. The van der Waals surface area contributed by atoms with Crippen LogP contribution in [0.15, 0.2) is 45.5 Å². The molecule has 3 heterocycles. The smallest absolute Gasteiger partial charge is 0.353 e. The van der Waals surface area contributed by atoms with Crippen molar-refractivity contribution in [1.82, 2.24) is 4.57 Å². The van der Waals surface area contributed by atoms with Gasteiger partial charge >= 0.3 is 12.3 Å². The Morgan fingerprint density at radius 3 is 1.76 bits per heavy atom. The van der Waals surface area contributed by atoms with Gasteiger partial charge in [0.15, 0.2) is 12.6 Å². The maximum atomic E-state index is 8.12. The molecule has 2 saturated carbocycles. The third-order valence-corrected chi connectivity index (χ3v) is 13.6. The molecule has 1 aromatic heterocycles. The Kier molecular flexibility index (Phi) is 23.2. The van der Waals surface area contributed by atoms with E-state index in [0.29, 0.717) is 12.5 Å². The number of aryl methyl sites for hydroxylation is 2. The normalized spacial score (nSPS) is 20.6. The molecule has 3 aromatic rings. The first-order chi connectivity index (χ1) is 28.8. The van der Waals surface area contributed by atoms with E-state index in [2.05, 4.69) is 103 Å². The topological polar surface area (TPSA) is 110 Å². The van der Waals surface area contributed by atoms with Crippen LogP contribution in [0.2, 0.25) is 0 Å². The lowest BCUT2D eigenvalue weighted by molar-refractivity contribution is -0.193. The standard InChI is InChI=1S/C22H30BrNO2.C16H19Br.C7H13BrO2.2CO2/c1-16-10-11-18-19(15-16)24(12-14-26-20-9-5-6-13-25-20)22(23)21(18)17-7-3-2-4-8-17;1-11-7-8-14-13(9-11)10-15(17)16(14)12-5-3-2-4-6-12;8-4-6-10-7-3-1-2-5-9-7;2*2-1-3/h10-11,15,17,20H,2-9,12-14H2,1H3;7-9,12H,2-6,10H2,1H3;7H,1-6H2;;. The Balaban J connectivity index is 0.000000199. The van der Waals surface area contributed by atoms with E-state index in [9.17, 15) is 0 Å². The average molecular weight is 1010 g/mol. The number of carbonyl (C=O) groups excluding carboxylic acids is 4. The highest BCUT2D eigenvalue weighted by Crippen LogP contribution is 2.46. The van der Waals surface area contributed by atoms with Crippen molar-refractivity contribution in [3.63, 3.8) is 0 Å². The number of fused-ring (bicyclic) bond motifs is 2. The molecule has 0 N–H and O–H groups in total. The number of hydrogen-bond donors (Lipinski definition) is 0. The lowest BCUT2D eigenvalue weighted by Crippen LogP contribution is -2.24. The summed E-state index contributed by atoms with van der Waals surface area (Å²) in [4.78, 5) is 32.5. The Bertz CT molecular complexity index is 1790. The first kappa shape index (κ1) is 49.4. The van der Waals surface area contributed by atoms with Gasteiger partial charge in [-0.15, -0.1) is 0 Å². The number of halogens is 3. The summed E-state index contributed by atoms with van der Waals surface area (Å²) in [7, 11) is 0. The van der Waals surface area contributed by atoms with Gasteiger partial charge in [-0.3, -0.25) is 0 Å². The van der Waals surface area contributed by atoms with Gasteiger partial charge in [-0.05, 0) is 140 Å². The third-order valence-electron chi connectivity index (χ3n) is 11.7. The molecule has 2 saturated heterocycles. The molecule has 0 radical (unpaired) electrons. The molecule has 4 fully saturated rings. The average Bonchev–Trinajstić information content (AvgIpc) is 3.73. The van der Waals surface area contributed by atoms with Crippen molar-refractivity contribution in [3.8, 4) is 0 Å². The van der Waals surface area contributed by atoms with Gasteiger partial charge in [0.05, 0.1) is 17.8 Å². The molecule has 0 amide bonds. The van der Waals surface area contributed by atoms with Crippen LogP contribution in [0, 0.1) is 19.8 Å². The lowest BCUT2D eigenvalue weighted by atomic mass is 9.82. The van der Waals surface area contributed by atoms with Gasteiger partial charge in [-0.1, -0.05) is 106 Å². The Labute approximate surface area is 376 Å². The summed E-state index contributed by atoms with van der Waals surface area (Å²) in [5, 5.41) is 2.32. The van der Waals surface area contributed by atoms with Crippen LogP contribution in [0.5, 0.6) is 0 Å². The SMILES string of the molecule is BrCCOC1CCCCO1.Cc1ccc2c(C3CCCCC3)c(Br)n(CCOC3CCCCO3)c2c1.Cc1ccc2c(c1)CC(Br)=C2C1CCCCC1.O=C=O.O=C=O. The van der Waals surface area contributed by atoms with Crippen LogP contribution in [0.1, 0.15) is 136 Å². The fraction of sp³-hybridized carbons (Fsp3) is 0.617. The number of rotatable bonds is 9. The zero-order chi connectivity index (χ0) is 42.4. The highest BCUT2D eigenvalue weighted by Gasteiger charge is 2.28. The lowest BCUT2D eigenvalue weighted by Gasteiger charge is -2.24. The van der Waals surface area contributed by atoms with E-state index in [1.165, 1.54) is 131 Å². The minimum Gasteiger partial charge on any atom is -0.353 e. The van der Waals surface area contributed by atoms with Crippen molar-refractivity contribution in [3.05, 3.63) is 73.3 Å². The molecule has 2 aromatic carbocycles. The number of hydrogen-bond acceptors (Lipinski definition) is 8. The molecule has 9 nitrogen and oxygen atoms in total. The van der Waals surface area contributed by atoms with E-state index in [4.69, 9.17) is 38.1 Å². The molecule has 59 heavy (non-hydrogen) atoms. The van der Waals surface area contributed by atoms with Crippen molar-refractivity contribution < 1.29 is 38.1 Å². The zero-order valence-corrected chi connectivity index (χ0v) is 39.6. The minimum atomic E-state index is -0.0103. The van der Waals surface area contributed by atoms with Crippen LogP contribution in [-0.2, 0) is 51.1 Å². The highest BCUT2D eigenvalue weighted by molar-refractivity contribution is 9.12. The van der Waals surface area contributed by atoms with E-state index in [0.717, 1.165) is 63.3 Å². The maximum Gasteiger partial charge on any atom is 0.373 e. The van der Waals surface area contributed by atoms with Crippen molar-refractivity contribution in [2.24, 2.45) is 5.92 Å². The van der Waals surface area contributed by atoms with E-state index in [1.807, 2.05) is 0 Å². The second-order valence-corrected chi connectivity index (χ2v) is 18.4. The van der Waals surface area contributed by atoms with Gasteiger partial charge in [0.1, 0.15) is 0 Å². The number of ether oxygens (including phenoxy) is 4. The Hall–Kier alpha value is -2.24. The molecule has 3 aliphatic carbocycles. The van der Waals surface area contributed by atoms with E-state index in [-0.39, 0.29) is 24.9 Å². The van der Waals surface area contributed by atoms with Crippen LogP contribution in [0.4, 0.5) is 0 Å². The molecular formula is C47H62Br3NO8. The zero-order valence-electron chi connectivity index (χ0n) is 34.9. The molecular weight excluding hydrogens is 946 g/mol. The summed E-state index contributed by atoms with van der Waals surface area (Å²) < 4.78 is 27.5. The van der Waals surface area contributed by atoms with Crippen LogP contribution in [0.3, 0.4) is 0 Å². The molecule has 0 spiro atoms. The van der Waals surface area contributed by atoms with Gasteiger partial charge < -0.3 is 23.5 Å². The third kappa shape index (κ3) is 15.6. The van der Waals surface area contributed by atoms with Crippen LogP contribution >= 0.6 is 47.8 Å². The molecule has 324 valence electrons. The summed E-state index contributed by atoms with van der Waals surface area (Å²) in [5.74, 6) is 1.49. The van der Waals surface area contributed by atoms with Gasteiger partial charge in [-0.25, -0.2) is 0 Å². The first-order valence-corrected chi connectivity index (χ1v) is 24.2. The van der Waals surface area contributed by atoms with E-state index in [1.54, 1.807) is 5.57 Å². The van der Waals surface area contributed by atoms with E-state index >= 15 is 0 Å². The molecule has 2 atom stereocenters. The predicted molar refractivity (Wildman–Crippen MR) is 240 cm³/mol. The maximum absolute atomic E-state index is 8.12. The fourth-order valence-electron chi connectivity index (χ4n) is 8.96. The molecule has 2 aliphatic heterocycles. The highest BCUT2D eigenvalue weighted by atomic mass is 79.9. The molecule has 12 heteroatoms. The van der Waals surface area contributed by atoms with Crippen LogP contribution in [0.25, 0.3) is 16.5 Å². The summed E-state index contributed by atoms with van der Waals surface area (Å²) in [6.07, 6.45) is 22.4. The number of alkyl halides is 1. The number of allylic oxidation sites excluding steroid dienone is 2. The van der Waals surface area contributed by atoms with Gasteiger partial charge in [0, 0.05) is 46.9 Å². The summed E-state index contributed by atoms with van der Waals surface area (Å²) in [5.41, 5.74) is 10.2. The van der Waals surface area contributed by atoms with E-state index < -0.39 is 0 Å². The number of benzene rings is 2. The van der Waals surface area contributed by atoms with Crippen LogP contribution in [-0.4, -0.2) is 61.2 Å². The quantitative estimate of drug-likeness (QED) is 0.195. The van der Waals surface area contributed by atoms with Crippen molar-refractivity contribution in [2.75, 3.05) is 31.8 Å². The molecule has 8 rings (SSSR count). The minimum absolute atomic E-state index is 0.0103. The summed E-state index contributed by atoms with van der Waals surface area (Å²) >= 11 is 11.1. The summed E-state index contributed by atoms with van der Waals surface area (Å²) in [6.45, 7) is 8.39. The molecule has 2 unspecified atom stereocenters. The second kappa shape index (κ2) is 27.7. The Morgan fingerprint density at radius 1 is 0.678 bits per heavy atom. The first-order valence-electron chi connectivity index (χ1n) is 21.5. The molecule has 0 bridgehead atoms. The monoisotopic (exact) mass is 1010 g/mol. The van der Waals surface area contributed by atoms with Crippen LogP contribution < -0.4 is 0 Å². The fourth-order valence-corrected chi connectivity index (χ4v) is 10.9. The van der Waals surface area contributed by atoms with Crippen molar-refractivity contribution in [2.45, 2.75) is 148 Å². The second-order valence-electron chi connectivity index (χ2n) is 15.9. The van der Waals surface area contributed by atoms with Gasteiger partial charge in [0.2, 0.25) is 0 Å². The van der Waals surface area contributed by atoms with Crippen molar-refractivity contribution in [1.29, 1.82) is 0 Å². The summed E-state index contributed by atoms with van der Waals surface area (Å²) in [6, 6.07) is 13.8. The molecule has 5 aliphatic rings. The Morgan fingerprint density at radius 2 is 1.20 bits per heavy atom. The van der Waals surface area contributed by atoms with Gasteiger partial charge in [-0.2, -0.15) is 19.2 Å². The largest absolute Gasteiger partial charge is 0.373 e. The van der Waals surface area contributed by atoms with Crippen molar-refractivity contribution >= 4 is 76.6 Å².